The summed E-state index contributed by atoms with van der Waals surface area (Å²) >= 11 is 0. The van der Waals surface area contributed by atoms with Gasteiger partial charge in [-0.1, -0.05) is 12.1 Å². The molecule has 0 fully saturated rings. The second kappa shape index (κ2) is 7.53. The lowest BCUT2D eigenvalue weighted by Gasteiger charge is -2.27. The van der Waals surface area contributed by atoms with Crippen molar-refractivity contribution in [2.24, 2.45) is 0 Å². The average molecular weight is 374 g/mol. The number of halogens is 2. The van der Waals surface area contributed by atoms with E-state index in [2.05, 4.69) is 5.32 Å². The van der Waals surface area contributed by atoms with Gasteiger partial charge in [0, 0.05) is 18.5 Å². The van der Waals surface area contributed by atoms with Crippen LogP contribution in [0.15, 0.2) is 42.5 Å². The van der Waals surface area contributed by atoms with Gasteiger partial charge in [0.15, 0.2) is 6.61 Å². The summed E-state index contributed by atoms with van der Waals surface area (Å²) in [5.74, 6) is -3.79. The summed E-state index contributed by atoms with van der Waals surface area (Å²) < 4.78 is 31.5. The van der Waals surface area contributed by atoms with Crippen LogP contribution in [0.5, 0.6) is 0 Å². The van der Waals surface area contributed by atoms with E-state index in [1.807, 2.05) is 0 Å². The monoisotopic (exact) mass is 374 g/mol. The third kappa shape index (κ3) is 3.94. The van der Waals surface area contributed by atoms with Gasteiger partial charge in [0.25, 0.3) is 5.91 Å². The molecule has 1 aliphatic rings. The van der Waals surface area contributed by atoms with E-state index in [0.29, 0.717) is 17.4 Å². The van der Waals surface area contributed by atoms with Crippen molar-refractivity contribution in [2.75, 3.05) is 16.8 Å². The van der Waals surface area contributed by atoms with Crippen LogP contribution in [0.3, 0.4) is 0 Å². The fraction of sp³-hybridized carbons (Fsp3) is 0.211. The van der Waals surface area contributed by atoms with Gasteiger partial charge in [-0.2, -0.15) is 0 Å². The molecular weight excluding hydrogens is 358 g/mol. The first-order valence-corrected chi connectivity index (χ1v) is 8.20. The SMILES string of the molecule is CC1CC(=O)Nc2ccccc2N1C(=O)COC(=O)c1ccc(F)cc1F. The quantitative estimate of drug-likeness (QED) is 0.839. The Morgan fingerprint density at radius 3 is 2.70 bits per heavy atom. The number of esters is 1. The highest BCUT2D eigenvalue weighted by Crippen LogP contribution is 2.31. The van der Waals surface area contributed by atoms with E-state index in [4.69, 9.17) is 4.74 Å². The molecule has 0 radical (unpaired) electrons. The number of ether oxygens (including phenoxy) is 1. The summed E-state index contributed by atoms with van der Waals surface area (Å²) in [6.45, 7) is 1.05. The van der Waals surface area contributed by atoms with Gasteiger partial charge in [-0.15, -0.1) is 0 Å². The zero-order valence-electron chi connectivity index (χ0n) is 14.4. The minimum atomic E-state index is -1.08. The second-order valence-corrected chi connectivity index (χ2v) is 6.08. The number of hydrogen-bond donors (Lipinski definition) is 1. The van der Waals surface area contributed by atoms with E-state index in [0.717, 1.165) is 12.1 Å². The number of nitrogens with one attached hydrogen (secondary N) is 1. The first-order valence-electron chi connectivity index (χ1n) is 8.20. The number of carbonyl (C=O) groups is 3. The molecule has 1 heterocycles. The van der Waals surface area contributed by atoms with Crippen molar-refractivity contribution in [3.63, 3.8) is 0 Å². The van der Waals surface area contributed by atoms with Crippen LogP contribution < -0.4 is 10.2 Å². The van der Waals surface area contributed by atoms with Gasteiger partial charge in [0.05, 0.1) is 16.9 Å². The topological polar surface area (TPSA) is 75.7 Å². The van der Waals surface area contributed by atoms with E-state index >= 15 is 0 Å². The molecule has 2 amide bonds. The van der Waals surface area contributed by atoms with Gasteiger partial charge in [-0.25, -0.2) is 13.6 Å². The van der Waals surface area contributed by atoms with E-state index < -0.39 is 41.7 Å². The standard InChI is InChI=1S/C19H16F2N2O4/c1-11-8-17(24)22-15-4-2-3-5-16(15)23(11)18(25)10-27-19(26)13-7-6-12(20)9-14(13)21/h2-7,9,11H,8,10H2,1H3,(H,22,24). The second-order valence-electron chi connectivity index (χ2n) is 6.08. The number of anilines is 2. The van der Waals surface area contributed by atoms with Crippen LogP contribution in [-0.2, 0) is 14.3 Å². The molecule has 0 saturated heterocycles. The Bertz CT molecular complexity index is 916. The average Bonchev–Trinajstić information content (AvgIpc) is 2.73. The number of para-hydroxylation sites is 2. The van der Waals surface area contributed by atoms with Gasteiger partial charge in [0.1, 0.15) is 11.6 Å². The third-order valence-electron chi connectivity index (χ3n) is 4.11. The molecule has 1 N–H and O–H groups in total. The Kier molecular flexibility index (Phi) is 5.16. The van der Waals surface area contributed by atoms with Gasteiger partial charge in [0.2, 0.25) is 5.91 Å². The number of fused-ring (bicyclic) bond motifs is 1. The van der Waals surface area contributed by atoms with Crippen molar-refractivity contribution in [2.45, 2.75) is 19.4 Å². The lowest BCUT2D eigenvalue weighted by atomic mass is 10.1. The molecule has 0 bridgehead atoms. The summed E-state index contributed by atoms with van der Waals surface area (Å²) in [5, 5.41) is 2.72. The number of benzene rings is 2. The maximum atomic E-state index is 13.7. The maximum absolute atomic E-state index is 13.7. The largest absolute Gasteiger partial charge is 0.452 e. The van der Waals surface area contributed by atoms with Crippen LogP contribution in [0, 0.1) is 11.6 Å². The normalized spacial score (nSPS) is 16.2. The predicted octanol–water partition coefficient (Wildman–Crippen LogP) is 2.89. The number of carbonyl (C=O) groups excluding carboxylic acids is 3. The van der Waals surface area contributed by atoms with Gasteiger partial charge >= 0.3 is 5.97 Å². The summed E-state index contributed by atoms with van der Waals surface area (Å²) in [6, 6.07) is 8.71. The minimum absolute atomic E-state index is 0.0704. The van der Waals surface area contributed by atoms with Gasteiger partial charge in [-0.05, 0) is 31.2 Å². The van der Waals surface area contributed by atoms with Crippen molar-refractivity contribution in [1.82, 2.24) is 0 Å². The fourth-order valence-corrected chi connectivity index (χ4v) is 2.90. The lowest BCUT2D eigenvalue weighted by molar-refractivity contribution is -0.122. The minimum Gasteiger partial charge on any atom is -0.452 e. The number of nitrogens with zero attached hydrogens (tertiary/aromatic N) is 1. The van der Waals surface area contributed by atoms with Crippen LogP contribution in [-0.4, -0.2) is 30.4 Å². The van der Waals surface area contributed by atoms with Crippen molar-refractivity contribution in [3.8, 4) is 0 Å². The molecule has 3 rings (SSSR count). The van der Waals surface area contributed by atoms with E-state index in [1.165, 1.54) is 4.90 Å². The Labute approximate surface area is 153 Å². The summed E-state index contributed by atoms with van der Waals surface area (Å²) in [7, 11) is 0. The molecule has 2 aromatic carbocycles. The molecule has 0 spiro atoms. The Hall–Kier alpha value is -3.29. The van der Waals surface area contributed by atoms with E-state index in [9.17, 15) is 23.2 Å². The highest BCUT2D eigenvalue weighted by atomic mass is 19.1. The highest BCUT2D eigenvalue weighted by molar-refractivity contribution is 6.05. The Balaban J connectivity index is 1.77. The van der Waals surface area contributed by atoms with Crippen LogP contribution in [0.1, 0.15) is 23.7 Å². The van der Waals surface area contributed by atoms with Gasteiger partial charge < -0.3 is 15.0 Å². The molecule has 1 unspecified atom stereocenters. The Morgan fingerprint density at radius 1 is 1.22 bits per heavy atom. The number of rotatable bonds is 3. The first-order chi connectivity index (χ1) is 12.9. The number of amides is 2. The number of hydrogen-bond acceptors (Lipinski definition) is 4. The van der Waals surface area contributed by atoms with E-state index in [-0.39, 0.29) is 12.3 Å². The molecule has 0 saturated carbocycles. The molecule has 1 atom stereocenters. The zero-order chi connectivity index (χ0) is 19.6. The maximum Gasteiger partial charge on any atom is 0.341 e. The molecule has 2 aromatic rings. The summed E-state index contributed by atoms with van der Waals surface area (Å²) in [6.07, 6.45) is 0.0704. The highest BCUT2D eigenvalue weighted by Gasteiger charge is 2.30. The summed E-state index contributed by atoms with van der Waals surface area (Å²) in [5.41, 5.74) is 0.478. The molecule has 8 heteroatoms. The molecule has 0 aliphatic carbocycles. The Morgan fingerprint density at radius 2 is 1.96 bits per heavy atom. The third-order valence-corrected chi connectivity index (χ3v) is 4.11. The first kappa shape index (κ1) is 18.5. The van der Waals surface area contributed by atoms with Crippen molar-refractivity contribution >= 4 is 29.2 Å². The van der Waals surface area contributed by atoms with E-state index in [1.54, 1.807) is 31.2 Å². The van der Waals surface area contributed by atoms with Crippen molar-refractivity contribution in [3.05, 3.63) is 59.7 Å². The van der Waals surface area contributed by atoms with Crippen LogP contribution in [0.4, 0.5) is 20.2 Å². The zero-order valence-corrected chi connectivity index (χ0v) is 14.4. The fourth-order valence-electron chi connectivity index (χ4n) is 2.90. The molecule has 1 aliphatic heterocycles. The van der Waals surface area contributed by atoms with Crippen LogP contribution >= 0.6 is 0 Å². The molecule has 140 valence electrons. The molecule has 27 heavy (non-hydrogen) atoms. The van der Waals surface area contributed by atoms with Crippen LogP contribution in [0.25, 0.3) is 0 Å². The summed E-state index contributed by atoms with van der Waals surface area (Å²) in [4.78, 5) is 37.9. The smallest absolute Gasteiger partial charge is 0.341 e. The molecule has 6 nitrogen and oxygen atoms in total. The molecule has 0 aromatic heterocycles. The van der Waals surface area contributed by atoms with Crippen molar-refractivity contribution in [1.29, 1.82) is 0 Å². The van der Waals surface area contributed by atoms with Crippen LogP contribution in [0.2, 0.25) is 0 Å². The van der Waals surface area contributed by atoms with Gasteiger partial charge in [-0.3, -0.25) is 9.59 Å². The molecular formula is C19H16F2N2O4. The van der Waals surface area contributed by atoms with Crippen molar-refractivity contribution < 1.29 is 27.9 Å². The lowest BCUT2D eigenvalue weighted by Crippen LogP contribution is -2.41. The predicted molar refractivity (Wildman–Crippen MR) is 93.3 cm³/mol.